The molecule has 4 aromatic rings. The third-order valence-electron chi connectivity index (χ3n) is 5.71. The van der Waals surface area contributed by atoms with Crippen LogP contribution >= 0.6 is 11.6 Å². The summed E-state index contributed by atoms with van der Waals surface area (Å²) in [6.45, 7) is 5.50. The molecule has 0 aliphatic rings. The van der Waals surface area contributed by atoms with Crippen LogP contribution < -0.4 is 5.32 Å². The lowest BCUT2D eigenvalue weighted by Gasteiger charge is -2.21. The molecule has 9 heteroatoms. The number of hydrogen-bond donors (Lipinski definition) is 1. The zero-order valence-electron chi connectivity index (χ0n) is 19.3. The van der Waals surface area contributed by atoms with E-state index in [1.54, 1.807) is 18.2 Å². The zero-order valence-corrected chi connectivity index (χ0v) is 20.9. The van der Waals surface area contributed by atoms with Crippen LogP contribution in [-0.4, -0.2) is 41.1 Å². The van der Waals surface area contributed by atoms with Crippen LogP contribution in [0.1, 0.15) is 29.8 Å². The van der Waals surface area contributed by atoms with Gasteiger partial charge >= 0.3 is 0 Å². The standard InChI is InChI=1S/C25H25ClN4O3S/c1-16(2)29(4)34(32,33)19-12-13-21(26)20(15-19)25(31)28-24-22(18-10-6-5-7-11-18)27-23-17(3)9-8-14-30(23)24/h5-16H,1-4H3,(H,28,31). The highest BCUT2D eigenvalue weighted by atomic mass is 35.5. The first-order valence-electron chi connectivity index (χ1n) is 10.7. The first kappa shape index (κ1) is 23.9. The molecule has 0 spiro atoms. The molecule has 2 heterocycles. The van der Waals surface area contributed by atoms with E-state index in [4.69, 9.17) is 16.6 Å². The maximum atomic E-state index is 13.4. The summed E-state index contributed by atoms with van der Waals surface area (Å²) < 4.78 is 29.0. The molecule has 1 amide bonds. The summed E-state index contributed by atoms with van der Waals surface area (Å²) >= 11 is 6.33. The summed E-state index contributed by atoms with van der Waals surface area (Å²) in [5, 5.41) is 3.06. The predicted molar refractivity (Wildman–Crippen MR) is 135 cm³/mol. The molecule has 2 aromatic heterocycles. The largest absolute Gasteiger partial charge is 0.306 e. The van der Waals surface area contributed by atoms with Gasteiger partial charge in [0.15, 0.2) is 0 Å². The van der Waals surface area contributed by atoms with E-state index in [0.717, 1.165) is 11.1 Å². The van der Waals surface area contributed by atoms with Crippen LogP contribution in [0, 0.1) is 6.92 Å². The van der Waals surface area contributed by atoms with Gasteiger partial charge < -0.3 is 5.32 Å². The number of rotatable bonds is 6. The summed E-state index contributed by atoms with van der Waals surface area (Å²) in [5.74, 6) is -0.0618. The second kappa shape index (κ2) is 9.21. The Bertz CT molecular complexity index is 1480. The van der Waals surface area contributed by atoms with Gasteiger partial charge in [-0.05, 0) is 50.6 Å². The molecule has 34 heavy (non-hydrogen) atoms. The number of nitrogens with one attached hydrogen (secondary N) is 1. The molecule has 4 rings (SSSR count). The number of sulfonamides is 1. The van der Waals surface area contributed by atoms with Crippen molar-refractivity contribution in [2.24, 2.45) is 0 Å². The van der Waals surface area contributed by atoms with Crippen molar-refractivity contribution in [3.8, 4) is 11.3 Å². The summed E-state index contributed by atoms with van der Waals surface area (Å²) in [6, 6.07) is 17.2. The van der Waals surface area contributed by atoms with Crippen molar-refractivity contribution in [3.05, 3.63) is 83.0 Å². The number of halogens is 1. The minimum absolute atomic E-state index is 0.00415. The monoisotopic (exact) mass is 496 g/mol. The van der Waals surface area contributed by atoms with Gasteiger partial charge in [0.25, 0.3) is 5.91 Å². The Morgan fingerprint density at radius 1 is 1.09 bits per heavy atom. The Hall–Kier alpha value is -3.20. The lowest BCUT2D eigenvalue weighted by Crippen LogP contribution is -2.33. The number of carbonyl (C=O) groups excluding carboxylic acids is 1. The van der Waals surface area contributed by atoms with Crippen molar-refractivity contribution in [3.63, 3.8) is 0 Å². The number of hydrogen-bond acceptors (Lipinski definition) is 4. The van der Waals surface area contributed by atoms with Crippen molar-refractivity contribution in [1.82, 2.24) is 13.7 Å². The number of carbonyl (C=O) groups is 1. The molecule has 0 saturated carbocycles. The molecule has 0 aliphatic carbocycles. The zero-order chi connectivity index (χ0) is 24.6. The van der Waals surface area contributed by atoms with E-state index in [0.29, 0.717) is 17.2 Å². The molecule has 176 valence electrons. The van der Waals surface area contributed by atoms with E-state index >= 15 is 0 Å². The highest BCUT2D eigenvalue weighted by molar-refractivity contribution is 7.89. The Labute approximate surface area is 204 Å². The molecule has 2 aromatic carbocycles. The van der Waals surface area contributed by atoms with Crippen molar-refractivity contribution in [2.75, 3.05) is 12.4 Å². The molecular weight excluding hydrogens is 472 g/mol. The van der Waals surface area contributed by atoms with E-state index in [1.807, 2.05) is 55.6 Å². The normalized spacial score (nSPS) is 12.0. The first-order valence-corrected chi connectivity index (χ1v) is 12.5. The van der Waals surface area contributed by atoms with Gasteiger partial charge in [0.2, 0.25) is 10.0 Å². The van der Waals surface area contributed by atoms with Crippen LogP contribution in [-0.2, 0) is 10.0 Å². The lowest BCUT2D eigenvalue weighted by atomic mass is 10.1. The molecule has 0 unspecified atom stereocenters. The van der Waals surface area contributed by atoms with Gasteiger partial charge in [0.05, 0.1) is 15.5 Å². The van der Waals surface area contributed by atoms with Crippen molar-refractivity contribution in [1.29, 1.82) is 0 Å². The number of fused-ring (bicyclic) bond motifs is 1. The second-order valence-corrected chi connectivity index (χ2v) is 10.7. The van der Waals surface area contributed by atoms with Crippen molar-refractivity contribution < 1.29 is 13.2 Å². The smallest absolute Gasteiger partial charge is 0.258 e. The third kappa shape index (κ3) is 4.32. The molecule has 0 saturated heterocycles. The average molecular weight is 497 g/mol. The minimum atomic E-state index is -3.79. The van der Waals surface area contributed by atoms with Crippen LogP contribution in [0.5, 0.6) is 0 Å². The number of benzene rings is 2. The van der Waals surface area contributed by atoms with E-state index in [9.17, 15) is 13.2 Å². The number of aromatic nitrogens is 2. The van der Waals surface area contributed by atoms with Crippen LogP contribution in [0.3, 0.4) is 0 Å². The van der Waals surface area contributed by atoms with Gasteiger partial charge in [-0.2, -0.15) is 4.31 Å². The number of imidazole rings is 1. The number of anilines is 1. The maximum Gasteiger partial charge on any atom is 0.258 e. The fourth-order valence-corrected chi connectivity index (χ4v) is 5.18. The summed E-state index contributed by atoms with van der Waals surface area (Å²) in [7, 11) is -2.29. The number of nitrogens with zero attached hydrogens (tertiary/aromatic N) is 3. The minimum Gasteiger partial charge on any atom is -0.306 e. The summed E-state index contributed by atoms with van der Waals surface area (Å²) in [6.07, 6.45) is 1.82. The van der Waals surface area contributed by atoms with Crippen LogP contribution in [0.4, 0.5) is 5.82 Å². The quantitative estimate of drug-likeness (QED) is 0.395. The van der Waals surface area contributed by atoms with Crippen molar-refractivity contribution in [2.45, 2.75) is 31.7 Å². The predicted octanol–water partition coefficient (Wildman–Crippen LogP) is 5.24. The topological polar surface area (TPSA) is 83.8 Å². The molecule has 0 aliphatic heterocycles. The number of aryl methyl sites for hydroxylation is 1. The Kier molecular flexibility index (Phi) is 6.49. The molecule has 0 bridgehead atoms. The average Bonchev–Trinajstić information content (AvgIpc) is 3.18. The van der Waals surface area contributed by atoms with Gasteiger partial charge in [0, 0.05) is 24.8 Å². The fraction of sp³-hybridized carbons (Fsp3) is 0.200. The second-order valence-electron chi connectivity index (χ2n) is 8.27. The highest BCUT2D eigenvalue weighted by Crippen LogP contribution is 2.31. The third-order valence-corrected chi connectivity index (χ3v) is 8.07. The number of amides is 1. The van der Waals surface area contributed by atoms with Crippen molar-refractivity contribution >= 4 is 39.0 Å². The maximum absolute atomic E-state index is 13.4. The molecule has 7 nitrogen and oxygen atoms in total. The van der Waals surface area contributed by atoms with Crippen LogP contribution in [0.15, 0.2) is 71.8 Å². The summed E-state index contributed by atoms with van der Waals surface area (Å²) in [5.41, 5.74) is 3.15. The Morgan fingerprint density at radius 2 is 1.79 bits per heavy atom. The molecule has 0 radical (unpaired) electrons. The molecular formula is C25H25ClN4O3S. The first-order chi connectivity index (χ1) is 16.1. The van der Waals surface area contributed by atoms with Gasteiger partial charge in [-0.3, -0.25) is 9.20 Å². The Balaban J connectivity index is 1.80. The molecule has 1 N–H and O–H groups in total. The highest BCUT2D eigenvalue weighted by Gasteiger charge is 2.26. The SMILES string of the molecule is Cc1cccn2c(NC(=O)c3cc(S(=O)(=O)N(C)C(C)C)ccc3Cl)c(-c3ccccc3)nc12. The van der Waals surface area contributed by atoms with Gasteiger partial charge in [0.1, 0.15) is 17.2 Å². The van der Waals surface area contributed by atoms with Gasteiger partial charge in [-0.25, -0.2) is 13.4 Å². The Morgan fingerprint density at radius 3 is 2.47 bits per heavy atom. The van der Waals surface area contributed by atoms with E-state index in [2.05, 4.69) is 5.32 Å². The van der Waals surface area contributed by atoms with E-state index < -0.39 is 15.9 Å². The van der Waals surface area contributed by atoms with E-state index in [1.165, 1.54) is 29.6 Å². The van der Waals surface area contributed by atoms with Crippen LogP contribution in [0.2, 0.25) is 5.02 Å². The van der Waals surface area contributed by atoms with Gasteiger partial charge in [-0.1, -0.05) is 48.0 Å². The molecule has 0 atom stereocenters. The summed E-state index contributed by atoms with van der Waals surface area (Å²) in [4.78, 5) is 18.1. The number of pyridine rings is 1. The fourth-order valence-electron chi connectivity index (χ4n) is 3.58. The lowest BCUT2D eigenvalue weighted by molar-refractivity contribution is 0.102. The van der Waals surface area contributed by atoms with E-state index in [-0.39, 0.29) is 21.5 Å². The molecule has 0 fully saturated rings. The van der Waals surface area contributed by atoms with Crippen LogP contribution in [0.25, 0.3) is 16.9 Å². The van der Waals surface area contributed by atoms with Gasteiger partial charge in [-0.15, -0.1) is 0 Å².